The van der Waals surface area contributed by atoms with Crippen molar-refractivity contribution in [3.05, 3.63) is 27.2 Å². The number of ether oxygens (including phenoxy) is 2. The summed E-state index contributed by atoms with van der Waals surface area (Å²) in [6.45, 7) is 5.30. The lowest BCUT2D eigenvalue weighted by molar-refractivity contribution is -0.162. The van der Waals surface area contributed by atoms with E-state index in [1.165, 1.54) is 0 Å². The highest BCUT2D eigenvalue weighted by Gasteiger charge is 2.36. The highest BCUT2D eigenvalue weighted by atomic mass is 35.5. The molecule has 1 aromatic carbocycles. The van der Waals surface area contributed by atoms with Crippen molar-refractivity contribution in [2.45, 2.75) is 45.3 Å². The largest absolute Gasteiger partial charge is 0.476 e. The first-order valence-electron chi connectivity index (χ1n) is 7.21. The van der Waals surface area contributed by atoms with E-state index in [1.54, 1.807) is 26.8 Å². The second-order valence-electron chi connectivity index (χ2n) is 6.45. The number of ketones is 1. The second kappa shape index (κ2) is 6.86. The average Bonchev–Trinajstić information content (AvgIpc) is 2.84. The second-order valence-corrected chi connectivity index (χ2v) is 7.73. The Kier molecular flexibility index (Phi) is 5.42. The van der Waals surface area contributed by atoms with E-state index in [1.807, 2.05) is 0 Å². The van der Waals surface area contributed by atoms with Gasteiger partial charge in [0, 0.05) is 17.5 Å². The third kappa shape index (κ3) is 4.18. The van der Waals surface area contributed by atoms with Crippen molar-refractivity contribution < 1.29 is 19.1 Å². The lowest BCUT2D eigenvalue weighted by atomic mass is 10.0. The summed E-state index contributed by atoms with van der Waals surface area (Å²) in [5.41, 5.74) is 5.60. The maximum absolute atomic E-state index is 12.2. The standard InChI is InChI=1S/C16H17Cl2NO4S/c1-16(2,3)23-15(21)10-5-7-4-8(9(20)6-11(19)24)12(17)13(18)14(7)22-10/h4,10H,5-6H2,1-3H3,(H2,19,24). The molecule has 0 saturated heterocycles. The predicted molar refractivity (Wildman–Crippen MR) is 96.2 cm³/mol. The van der Waals surface area contributed by atoms with E-state index in [4.69, 9.17) is 50.6 Å². The first-order chi connectivity index (χ1) is 11.0. The van der Waals surface area contributed by atoms with Crippen LogP contribution in [0.3, 0.4) is 0 Å². The lowest BCUT2D eigenvalue weighted by Gasteiger charge is -2.21. The third-order valence-electron chi connectivity index (χ3n) is 3.21. The van der Waals surface area contributed by atoms with Gasteiger partial charge in [0.1, 0.15) is 16.4 Å². The van der Waals surface area contributed by atoms with Crippen LogP contribution >= 0.6 is 35.4 Å². The first kappa shape index (κ1) is 19.0. The monoisotopic (exact) mass is 389 g/mol. The maximum atomic E-state index is 12.2. The summed E-state index contributed by atoms with van der Waals surface area (Å²) in [7, 11) is 0. The zero-order valence-corrected chi connectivity index (χ0v) is 15.8. The van der Waals surface area contributed by atoms with Crippen LogP contribution < -0.4 is 10.5 Å². The van der Waals surface area contributed by atoms with E-state index >= 15 is 0 Å². The van der Waals surface area contributed by atoms with Crippen molar-refractivity contribution in [2.24, 2.45) is 5.73 Å². The Morgan fingerprint density at radius 1 is 1.38 bits per heavy atom. The summed E-state index contributed by atoms with van der Waals surface area (Å²) in [6, 6.07) is 1.56. The topological polar surface area (TPSA) is 78.6 Å². The minimum atomic E-state index is -0.825. The van der Waals surface area contributed by atoms with Gasteiger partial charge >= 0.3 is 5.97 Å². The van der Waals surface area contributed by atoms with E-state index < -0.39 is 17.7 Å². The van der Waals surface area contributed by atoms with Gasteiger partial charge in [-0.1, -0.05) is 35.4 Å². The van der Waals surface area contributed by atoms with Gasteiger partial charge in [-0.2, -0.15) is 0 Å². The van der Waals surface area contributed by atoms with Crippen LogP contribution in [0.1, 0.15) is 43.1 Å². The Hall–Kier alpha value is -1.37. The predicted octanol–water partition coefficient (Wildman–Crippen LogP) is 3.50. The molecule has 8 heteroatoms. The minimum Gasteiger partial charge on any atom is -0.476 e. The molecule has 5 nitrogen and oxygen atoms in total. The average molecular weight is 390 g/mol. The van der Waals surface area contributed by atoms with Gasteiger partial charge in [0.25, 0.3) is 0 Å². The first-order valence-corrected chi connectivity index (χ1v) is 8.38. The Labute approximate surface area is 155 Å². The molecule has 1 heterocycles. The van der Waals surface area contributed by atoms with Crippen molar-refractivity contribution in [1.29, 1.82) is 0 Å². The molecule has 130 valence electrons. The molecule has 0 bridgehead atoms. The fourth-order valence-corrected chi connectivity index (χ4v) is 2.92. The molecule has 0 fully saturated rings. The summed E-state index contributed by atoms with van der Waals surface area (Å²) < 4.78 is 10.9. The summed E-state index contributed by atoms with van der Waals surface area (Å²) in [5, 5.41) is 0.146. The summed E-state index contributed by atoms with van der Waals surface area (Å²) >= 11 is 17.1. The van der Waals surface area contributed by atoms with Gasteiger partial charge in [0.15, 0.2) is 11.9 Å². The molecule has 0 aromatic heterocycles. The summed E-state index contributed by atoms with van der Waals surface area (Å²) in [4.78, 5) is 24.4. The fraction of sp³-hybridized carbons (Fsp3) is 0.438. The van der Waals surface area contributed by atoms with Crippen LogP contribution in [0.15, 0.2) is 6.07 Å². The number of fused-ring (bicyclic) bond motifs is 1. The van der Waals surface area contributed by atoms with Crippen molar-refractivity contribution in [3.8, 4) is 5.75 Å². The molecule has 0 radical (unpaired) electrons. The molecule has 0 amide bonds. The molecule has 0 aliphatic carbocycles. The van der Waals surface area contributed by atoms with Crippen molar-refractivity contribution in [1.82, 2.24) is 0 Å². The molecule has 0 saturated carbocycles. The molecule has 2 rings (SSSR count). The number of halogens is 2. The van der Waals surface area contributed by atoms with Gasteiger partial charge < -0.3 is 15.2 Å². The number of hydrogen-bond acceptors (Lipinski definition) is 5. The highest BCUT2D eigenvalue weighted by Crippen LogP contribution is 2.43. The smallest absolute Gasteiger partial charge is 0.348 e. The van der Waals surface area contributed by atoms with Gasteiger partial charge in [-0.05, 0) is 26.8 Å². The highest BCUT2D eigenvalue weighted by molar-refractivity contribution is 7.80. The SMILES string of the molecule is CC(C)(C)OC(=O)C1Cc2cc(C(=O)CC(N)=S)c(Cl)c(Cl)c2O1. The molecule has 1 aromatic rings. The molecule has 2 N–H and O–H groups in total. The van der Waals surface area contributed by atoms with Gasteiger partial charge in [-0.25, -0.2) is 4.79 Å². The number of nitrogens with two attached hydrogens (primary N) is 1. The van der Waals surface area contributed by atoms with Crippen LogP contribution in [0, 0.1) is 0 Å². The number of rotatable bonds is 4. The normalized spacial score (nSPS) is 16.3. The Balaban J connectivity index is 2.29. The number of benzene rings is 1. The van der Waals surface area contributed by atoms with Crippen LogP contribution in [0.2, 0.25) is 10.0 Å². The molecular weight excluding hydrogens is 373 g/mol. The van der Waals surface area contributed by atoms with Gasteiger partial charge in [0.05, 0.1) is 16.4 Å². The van der Waals surface area contributed by atoms with Gasteiger partial charge in [0.2, 0.25) is 0 Å². The van der Waals surface area contributed by atoms with E-state index in [2.05, 4.69) is 0 Å². The molecule has 0 spiro atoms. The summed E-state index contributed by atoms with van der Waals surface area (Å²) in [6.07, 6.45) is -0.691. The lowest BCUT2D eigenvalue weighted by Crippen LogP contribution is -2.34. The molecule has 1 aliphatic rings. The number of thiocarbonyl (C=S) groups is 1. The van der Waals surface area contributed by atoms with E-state index in [0.717, 1.165) is 0 Å². The number of carbonyl (C=O) groups is 2. The van der Waals surface area contributed by atoms with E-state index in [9.17, 15) is 9.59 Å². The van der Waals surface area contributed by atoms with Crippen LogP contribution in [-0.4, -0.2) is 28.4 Å². The molecule has 1 unspecified atom stereocenters. The van der Waals surface area contributed by atoms with Crippen molar-refractivity contribution >= 4 is 52.2 Å². The van der Waals surface area contributed by atoms with E-state index in [0.29, 0.717) is 11.3 Å². The molecule has 1 atom stereocenters. The Bertz CT molecular complexity index is 728. The van der Waals surface area contributed by atoms with Crippen LogP contribution in [0.4, 0.5) is 0 Å². The molecule has 24 heavy (non-hydrogen) atoms. The quantitative estimate of drug-likeness (QED) is 0.482. The fourth-order valence-electron chi connectivity index (χ4n) is 2.28. The zero-order valence-electron chi connectivity index (χ0n) is 13.4. The van der Waals surface area contributed by atoms with Crippen molar-refractivity contribution in [2.75, 3.05) is 0 Å². The Morgan fingerprint density at radius 3 is 2.54 bits per heavy atom. The number of esters is 1. The van der Waals surface area contributed by atoms with Crippen LogP contribution in [-0.2, 0) is 16.0 Å². The number of Topliss-reactive ketones (excluding diaryl/α,β-unsaturated/α-hetero) is 1. The Morgan fingerprint density at radius 2 is 2.00 bits per heavy atom. The van der Waals surface area contributed by atoms with Crippen LogP contribution in [0.5, 0.6) is 5.75 Å². The number of carbonyl (C=O) groups excluding carboxylic acids is 2. The third-order valence-corrected chi connectivity index (χ3v) is 4.20. The van der Waals surface area contributed by atoms with Gasteiger partial charge in [-0.3, -0.25) is 4.79 Å². The van der Waals surface area contributed by atoms with Gasteiger partial charge in [-0.15, -0.1) is 0 Å². The molecule has 1 aliphatic heterocycles. The zero-order chi connectivity index (χ0) is 18.2. The van der Waals surface area contributed by atoms with Crippen LogP contribution in [0.25, 0.3) is 0 Å². The van der Waals surface area contributed by atoms with Crippen molar-refractivity contribution in [3.63, 3.8) is 0 Å². The summed E-state index contributed by atoms with van der Waals surface area (Å²) in [5.74, 6) is -0.538. The number of hydrogen-bond donors (Lipinski definition) is 1. The maximum Gasteiger partial charge on any atom is 0.348 e. The van der Waals surface area contributed by atoms with E-state index in [-0.39, 0.29) is 39.2 Å². The molecular formula is C16H17Cl2NO4S. The minimum absolute atomic E-state index is 0.0569.